The number of rotatable bonds is 4. The van der Waals surface area contributed by atoms with Crippen molar-refractivity contribution >= 4 is 35.0 Å². The molecule has 0 aliphatic rings. The molecule has 3 rings (SSSR count). The number of tetrazole rings is 1. The summed E-state index contributed by atoms with van der Waals surface area (Å²) in [6, 6.07) is 15.1. The maximum Gasteiger partial charge on any atom is 0.214 e. The SMILES string of the molecule is Clc1cccc(-n2nnnc2SCc2ccccc2Cl)c1. The lowest BCUT2D eigenvalue weighted by Crippen LogP contribution is -1.99. The molecular formula is C14H10Cl2N4S. The highest BCUT2D eigenvalue weighted by molar-refractivity contribution is 7.98. The first-order valence-electron chi connectivity index (χ1n) is 6.14. The van der Waals surface area contributed by atoms with Crippen molar-refractivity contribution in [2.24, 2.45) is 0 Å². The first-order chi connectivity index (χ1) is 10.2. The smallest absolute Gasteiger partial charge is 0.187 e. The second-order valence-corrected chi connectivity index (χ2v) is 6.02. The third-order valence-corrected chi connectivity index (χ3v) is 4.38. The van der Waals surface area contributed by atoms with E-state index in [0.717, 1.165) is 16.3 Å². The van der Waals surface area contributed by atoms with E-state index < -0.39 is 0 Å². The molecule has 1 heterocycles. The lowest BCUT2D eigenvalue weighted by atomic mass is 10.2. The molecule has 0 aliphatic heterocycles. The zero-order chi connectivity index (χ0) is 14.7. The highest BCUT2D eigenvalue weighted by Crippen LogP contribution is 2.26. The van der Waals surface area contributed by atoms with E-state index in [1.807, 2.05) is 48.5 Å². The van der Waals surface area contributed by atoms with Crippen LogP contribution in [0.4, 0.5) is 0 Å². The molecule has 21 heavy (non-hydrogen) atoms. The Hall–Kier alpha value is -1.56. The second kappa shape index (κ2) is 6.47. The predicted octanol–water partition coefficient (Wildman–Crippen LogP) is 4.26. The summed E-state index contributed by atoms with van der Waals surface area (Å²) in [4.78, 5) is 0. The Bertz CT molecular complexity index is 760. The first kappa shape index (κ1) is 14.4. The van der Waals surface area contributed by atoms with E-state index in [0.29, 0.717) is 15.9 Å². The van der Waals surface area contributed by atoms with Crippen LogP contribution in [0.1, 0.15) is 5.56 Å². The number of thioether (sulfide) groups is 1. The van der Waals surface area contributed by atoms with Gasteiger partial charge in [-0.1, -0.05) is 59.2 Å². The molecule has 0 unspecified atom stereocenters. The van der Waals surface area contributed by atoms with E-state index in [-0.39, 0.29) is 0 Å². The summed E-state index contributed by atoms with van der Waals surface area (Å²) in [6.07, 6.45) is 0. The van der Waals surface area contributed by atoms with Gasteiger partial charge in [0.1, 0.15) is 0 Å². The van der Waals surface area contributed by atoms with Gasteiger partial charge in [0.05, 0.1) is 5.69 Å². The molecule has 3 aromatic rings. The Morgan fingerprint density at radius 2 is 1.90 bits per heavy atom. The van der Waals surface area contributed by atoms with E-state index in [2.05, 4.69) is 15.5 Å². The van der Waals surface area contributed by atoms with Crippen LogP contribution < -0.4 is 0 Å². The average Bonchev–Trinajstić information content (AvgIpc) is 2.95. The zero-order valence-corrected chi connectivity index (χ0v) is 13.1. The highest BCUT2D eigenvalue weighted by Gasteiger charge is 2.10. The summed E-state index contributed by atoms with van der Waals surface area (Å²) in [5, 5.41) is 13.9. The third-order valence-electron chi connectivity index (χ3n) is 2.81. The predicted molar refractivity (Wildman–Crippen MR) is 85.2 cm³/mol. The Labute approximate surface area is 136 Å². The van der Waals surface area contributed by atoms with Crippen LogP contribution in [0, 0.1) is 0 Å². The molecule has 0 amide bonds. The molecule has 0 radical (unpaired) electrons. The number of nitrogens with zero attached hydrogens (tertiary/aromatic N) is 4. The zero-order valence-electron chi connectivity index (χ0n) is 10.8. The molecule has 2 aromatic carbocycles. The van der Waals surface area contributed by atoms with Crippen LogP contribution in [0.2, 0.25) is 10.0 Å². The summed E-state index contributed by atoms with van der Waals surface area (Å²) in [5.74, 6) is 0.695. The maximum atomic E-state index is 6.15. The fourth-order valence-electron chi connectivity index (χ4n) is 1.80. The van der Waals surface area contributed by atoms with E-state index in [1.165, 1.54) is 11.8 Å². The minimum Gasteiger partial charge on any atom is -0.187 e. The third kappa shape index (κ3) is 3.37. The molecule has 0 spiro atoms. The summed E-state index contributed by atoms with van der Waals surface area (Å²) in [7, 11) is 0. The maximum absolute atomic E-state index is 6.15. The fourth-order valence-corrected chi connectivity index (χ4v) is 3.16. The van der Waals surface area contributed by atoms with Crippen molar-refractivity contribution in [1.29, 1.82) is 0 Å². The number of aromatic nitrogens is 4. The van der Waals surface area contributed by atoms with Crippen molar-refractivity contribution in [3.05, 3.63) is 64.1 Å². The normalized spacial score (nSPS) is 10.8. The molecule has 7 heteroatoms. The number of halogens is 2. The number of benzene rings is 2. The van der Waals surface area contributed by atoms with Crippen LogP contribution >= 0.6 is 35.0 Å². The van der Waals surface area contributed by atoms with Crippen molar-refractivity contribution in [1.82, 2.24) is 20.2 Å². The van der Waals surface area contributed by atoms with Crippen LogP contribution in [-0.4, -0.2) is 20.2 Å². The Morgan fingerprint density at radius 3 is 2.71 bits per heavy atom. The molecule has 0 atom stereocenters. The first-order valence-corrected chi connectivity index (χ1v) is 7.89. The minimum absolute atomic E-state index is 0.644. The second-order valence-electron chi connectivity index (χ2n) is 4.23. The van der Waals surface area contributed by atoms with Crippen molar-refractivity contribution in [3.63, 3.8) is 0 Å². The van der Waals surface area contributed by atoms with E-state index in [4.69, 9.17) is 23.2 Å². The molecule has 0 fully saturated rings. The summed E-state index contributed by atoms with van der Waals surface area (Å²) in [6.45, 7) is 0. The summed E-state index contributed by atoms with van der Waals surface area (Å²) < 4.78 is 1.66. The van der Waals surface area contributed by atoms with Crippen LogP contribution in [0.25, 0.3) is 5.69 Å². The van der Waals surface area contributed by atoms with E-state index >= 15 is 0 Å². The number of hydrogen-bond acceptors (Lipinski definition) is 4. The Balaban J connectivity index is 1.82. The molecule has 0 aliphatic carbocycles. The Morgan fingerprint density at radius 1 is 1.05 bits per heavy atom. The fraction of sp³-hybridized carbons (Fsp3) is 0.0714. The summed E-state index contributed by atoms with van der Waals surface area (Å²) in [5.41, 5.74) is 1.87. The van der Waals surface area contributed by atoms with Crippen LogP contribution in [0.15, 0.2) is 53.7 Å². The van der Waals surface area contributed by atoms with Gasteiger partial charge in [-0.15, -0.1) is 5.10 Å². The lowest BCUT2D eigenvalue weighted by Gasteiger charge is -2.05. The standard InChI is InChI=1S/C14H10Cl2N4S/c15-11-5-3-6-12(8-11)20-14(17-18-19-20)21-9-10-4-1-2-7-13(10)16/h1-8H,9H2. The Kier molecular flexibility index (Phi) is 4.43. The van der Waals surface area contributed by atoms with Gasteiger partial charge in [0.2, 0.25) is 5.16 Å². The minimum atomic E-state index is 0.644. The molecular weight excluding hydrogens is 327 g/mol. The van der Waals surface area contributed by atoms with Crippen LogP contribution in [-0.2, 0) is 5.75 Å². The van der Waals surface area contributed by atoms with Gasteiger partial charge in [0.25, 0.3) is 0 Å². The monoisotopic (exact) mass is 336 g/mol. The van der Waals surface area contributed by atoms with E-state index in [1.54, 1.807) is 4.68 Å². The van der Waals surface area contributed by atoms with Crippen LogP contribution in [0.5, 0.6) is 0 Å². The number of hydrogen-bond donors (Lipinski definition) is 0. The molecule has 4 nitrogen and oxygen atoms in total. The van der Waals surface area contributed by atoms with Gasteiger partial charge in [0, 0.05) is 15.8 Å². The van der Waals surface area contributed by atoms with E-state index in [9.17, 15) is 0 Å². The highest BCUT2D eigenvalue weighted by atomic mass is 35.5. The molecule has 0 bridgehead atoms. The van der Waals surface area contributed by atoms with Crippen molar-refractivity contribution < 1.29 is 0 Å². The van der Waals surface area contributed by atoms with Gasteiger partial charge >= 0.3 is 0 Å². The van der Waals surface area contributed by atoms with Gasteiger partial charge in [-0.25, -0.2) is 0 Å². The largest absolute Gasteiger partial charge is 0.214 e. The van der Waals surface area contributed by atoms with Gasteiger partial charge < -0.3 is 0 Å². The van der Waals surface area contributed by atoms with Crippen molar-refractivity contribution in [2.75, 3.05) is 0 Å². The average molecular weight is 337 g/mol. The van der Waals surface area contributed by atoms with Gasteiger partial charge in [-0.05, 0) is 40.3 Å². The van der Waals surface area contributed by atoms with Crippen molar-refractivity contribution in [2.45, 2.75) is 10.9 Å². The molecule has 0 saturated carbocycles. The van der Waals surface area contributed by atoms with Gasteiger partial charge in [0.15, 0.2) is 0 Å². The lowest BCUT2D eigenvalue weighted by molar-refractivity contribution is 0.756. The van der Waals surface area contributed by atoms with Crippen molar-refractivity contribution in [3.8, 4) is 5.69 Å². The van der Waals surface area contributed by atoms with Gasteiger partial charge in [-0.3, -0.25) is 0 Å². The topological polar surface area (TPSA) is 43.6 Å². The van der Waals surface area contributed by atoms with Crippen LogP contribution in [0.3, 0.4) is 0 Å². The van der Waals surface area contributed by atoms with Gasteiger partial charge in [-0.2, -0.15) is 4.68 Å². The molecule has 1 aromatic heterocycles. The molecule has 106 valence electrons. The molecule has 0 N–H and O–H groups in total. The summed E-state index contributed by atoms with van der Waals surface area (Å²) >= 11 is 13.7. The molecule has 0 saturated heterocycles. The quantitative estimate of drug-likeness (QED) is 0.667.